The Kier molecular flexibility index (Phi) is 5.38. The molecule has 3 nitrogen and oxygen atoms in total. The number of rotatable bonds is 4. The lowest BCUT2D eigenvalue weighted by molar-refractivity contribution is 0.395. The molecule has 0 aromatic heterocycles. The molecule has 1 unspecified atom stereocenters. The minimum Gasteiger partial charge on any atom is -0.279 e. The van der Waals surface area contributed by atoms with Crippen molar-refractivity contribution in [2.75, 3.05) is 4.72 Å². The van der Waals surface area contributed by atoms with Gasteiger partial charge in [-0.3, -0.25) is 4.72 Å². The lowest BCUT2D eigenvalue weighted by atomic mass is 9.65. The average molecular weight is 492 g/mol. The predicted octanol–water partition coefficient (Wildman–Crippen LogP) is 7.80. The average Bonchev–Trinajstić information content (AvgIpc) is 2.88. The van der Waals surface area contributed by atoms with Crippen LogP contribution in [0.3, 0.4) is 0 Å². The molecule has 0 aliphatic heterocycles. The molecule has 0 saturated carbocycles. The Morgan fingerprint density at radius 3 is 2.25 bits per heavy atom. The standard InChI is InChI=1S/C32H29NO2S/c1-32(2)21-24(27-14-8-9-15-30(27)33-36(34,35)25-11-4-3-5-12-25)20-23-17-18-28-26-13-7-6-10-22(26)16-19-29(28)31(23)32/h3-19,24,33H,20-21H2,1-2H3. The van der Waals surface area contributed by atoms with Gasteiger partial charge in [-0.15, -0.1) is 0 Å². The molecule has 5 aromatic rings. The fourth-order valence-corrected chi connectivity index (χ4v) is 7.24. The van der Waals surface area contributed by atoms with E-state index < -0.39 is 10.0 Å². The van der Waals surface area contributed by atoms with Crippen molar-refractivity contribution >= 4 is 37.3 Å². The number of hydrogen-bond acceptors (Lipinski definition) is 2. The van der Waals surface area contributed by atoms with Crippen LogP contribution in [-0.4, -0.2) is 8.42 Å². The summed E-state index contributed by atoms with van der Waals surface area (Å²) in [4.78, 5) is 0.271. The predicted molar refractivity (Wildman–Crippen MR) is 149 cm³/mol. The number of benzene rings is 5. The summed E-state index contributed by atoms with van der Waals surface area (Å²) >= 11 is 0. The molecule has 1 aliphatic rings. The zero-order chi connectivity index (χ0) is 24.9. The molecule has 4 heteroatoms. The first-order chi connectivity index (χ1) is 17.3. The number of para-hydroxylation sites is 1. The van der Waals surface area contributed by atoms with Gasteiger partial charge in [0.15, 0.2) is 0 Å². The van der Waals surface area contributed by atoms with Crippen molar-refractivity contribution in [2.24, 2.45) is 0 Å². The maximum absolute atomic E-state index is 13.1. The zero-order valence-electron chi connectivity index (χ0n) is 20.5. The molecule has 36 heavy (non-hydrogen) atoms. The van der Waals surface area contributed by atoms with Gasteiger partial charge in [0.1, 0.15) is 0 Å². The van der Waals surface area contributed by atoms with Crippen molar-refractivity contribution in [3.63, 3.8) is 0 Å². The molecule has 0 amide bonds. The highest BCUT2D eigenvalue weighted by Crippen LogP contribution is 2.48. The van der Waals surface area contributed by atoms with Crippen molar-refractivity contribution in [1.82, 2.24) is 0 Å². The normalized spacial score (nSPS) is 17.1. The van der Waals surface area contributed by atoms with Crippen LogP contribution < -0.4 is 4.72 Å². The minimum absolute atomic E-state index is 0.0639. The van der Waals surface area contributed by atoms with Gasteiger partial charge in [-0.25, -0.2) is 8.42 Å². The summed E-state index contributed by atoms with van der Waals surface area (Å²) in [5, 5.41) is 5.18. The first-order valence-electron chi connectivity index (χ1n) is 12.4. The van der Waals surface area contributed by atoms with Crippen molar-refractivity contribution < 1.29 is 8.42 Å². The molecule has 1 aliphatic carbocycles. The molecular weight excluding hydrogens is 462 g/mol. The van der Waals surface area contributed by atoms with E-state index in [1.807, 2.05) is 24.3 Å². The highest BCUT2D eigenvalue weighted by molar-refractivity contribution is 7.92. The SMILES string of the molecule is CC1(C)CC(c2ccccc2NS(=O)(=O)c2ccccc2)Cc2ccc3c(ccc4ccccc43)c21. The van der Waals surface area contributed by atoms with Crippen molar-refractivity contribution in [1.29, 1.82) is 0 Å². The molecule has 1 atom stereocenters. The van der Waals surface area contributed by atoms with E-state index in [-0.39, 0.29) is 16.2 Å². The quantitative estimate of drug-likeness (QED) is 0.261. The first-order valence-corrected chi connectivity index (χ1v) is 13.9. The van der Waals surface area contributed by atoms with Gasteiger partial charge in [-0.05, 0) is 80.6 Å². The second kappa shape index (κ2) is 8.49. The van der Waals surface area contributed by atoms with Gasteiger partial charge in [-0.2, -0.15) is 0 Å². The third-order valence-electron chi connectivity index (χ3n) is 7.61. The zero-order valence-corrected chi connectivity index (χ0v) is 21.3. The van der Waals surface area contributed by atoms with E-state index in [0.29, 0.717) is 5.69 Å². The Balaban J connectivity index is 1.42. The summed E-state index contributed by atoms with van der Waals surface area (Å²) in [6, 6.07) is 34.0. The molecule has 180 valence electrons. The summed E-state index contributed by atoms with van der Waals surface area (Å²) < 4.78 is 29.1. The van der Waals surface area contributed by atoms with Crippen LogP contribution in [0.1, 0.15) is 42.9 Å². The smallest absolute Gasteiger partial charge is 0.261 e. The molecule has 0 fully saturated rings. The van der Waals surface area contributed by atoms with Crippen molar-refractivity contribution in [2.45, 2.75) is 42.9 Å². The second-order valence-electron chi connectivity index (χ2n) is 10.5. The summed E-state index contributed by atoms with van der Waals surface area (Å²) in [5.74, 6) is 0.208. The fraction of sp³-hybridized carbons (Fsp3) is 0.188. The largest absolute Gasteiger partial charge is 0.279 e. The summed E-state index contributed by atoms with van der Waals surface area (Å²) in [6.07, 6.45) is 1.82. The Morgan fingerprint density at radius 1 is 0.722 bits per heavy atom. The van der Waals surface area contributed by atoms with Crippen molar-refractivity contribution in [3.8, 4) is 0 Å². The van der Waals surface area contributed by atoms with E-state index in [9.17, 15) is 8.42 Å². The van der Waals surface area contributed by atoms with Gasteiger partial charge in [0.05, 0.1) is 10.6 Å². The molecular formula is C32H29NO2S. The van der Waals surface area contributed by atoms with Crippen LogP contribution in [0.25, 0.3) is 21.5 Å². The van der Waals surface area contributed by atoms with Crippen LogP contribution in [-0.2, 0) is 21.9 Å². The Labute approximate surface area is 212 Å². The third-order valence-corrected chi connectivity index (χ3v) is 8.99. The summed E-state index contributed by atoms with van der Waals surface area (Å²) in [6.45, 7) is 4.65. The highest BCUT2D eigenvalue weighted by atomic mass is 32.2. The van der Waals surface area contributed by atoms with E-state index >= 15 is 0 Å². The van der Waals surface area contributed by atoms with E-state index in [2.05, 4.69) is 73.2 Å². The summed E-state index contributed by atoms with van der Waals surface area (Å²) in [7, 11) is -3.66. The van der Waals surface area contributed by atoms with Gasteiger partial charge < -0.3 is 0 Å². The maximum atomic E-state index is 13.1. The lowest BCUT2D eigenvalue weighted by Crippen LogP contribution is -2.29. The van der Waals surface area contributed by atoms with Crippen LogP contribution in [0.5, 0.6) is 0 Å². The van der Waals surface area contributed by atoms with Gasteiger partial charge >= 0.3 is 0 Å². The van der Waals surface area contributed by atoms with Crippen LogP contribution in [0, 0.1) is 0 Å². The molecule has 5 aromatic carbocycles. The molecule has 6 rings (SSSR count). The lowest BCUT2D eigenvalue weighted by Gasteiger charge is -2.39. The van der Waals surface area contributed by atoms with Crippen LogP contribution >= 0.6 is 0 Å². The molecule has 0 heterocycles. The van der Waals surface area contributed by atoms with Gasteiger partial charge in [-0.1, -0.05) is 98.8 Å². The number of fused-ring (bicyclic) bond motifs is 5. The highest BCUT2D eigenvalue weighted by Gasteiger charge is 2.36. The first kappa shape index (κ1) is 22.8. The van der Waals surface area contributed by atoms with Crippen LogP contribution in [0.15, 0.2) is 108 Å². The third kappa shape index (κ3) is 3.86. The van der Waals surface area contributed by atoms with E-state index in [1.165, 1.54) is 32.7 Å². The van der Waals surface area contributed by atoms with E-state index in [4.69, 9.17) is 0 Å². The van der Waals surface area contributed by atoms with Gasteiger partial charge in [0, 0.05) is 0 Å². The second-order valence-corrected chi connectivity index (χ2v) is 12.2. The molecule has 0 radical (unpaired) electrons. The maximum Gasteiger partial charge on any atom is 0.261 e. The number of nitrogens with one attached hydrogen (secondary N) is 1. The van der Waals surface area contributed by atoms with Crippen molar-refractivity contribution in [3.05, 3.63) is 120 Å². The monoisotopic (exact) mass is 491 g/mol. The Hall–Kier alpha value is -3.63. The van der Waals surface area contributed by atoms with Gasteiger partial charge in [0.2, 0.25) is 0 Å². The molecule has 1 N–H and O–H groups in total. The van der Waals surface area contributed by atoms with E-state index in [0.717, 1.165) is 18.4 Å². The Bertz CT molecular complexity index is 1710. The molecule has 0 bridgehead atoms. The van der Waals surface area contributed by atoms with E-state index in [1.54, 1.807) is 24.3 Å². The number of sulfonamides is 1. The topological polar surface area (TPSA) is 46.2 Å². The molecule has 0 saturated heterocycles. The minimum atomic E-state index is -3.66. The Morgan fingerprint density at radius 2 is 1.42 bits per heavy atom. The summed E-state index contributed by atoms with van der Waals surface area (Å²) in [5.41, 5.74) is 4.42. The van der Waals surface area contributed by atoms with Crippen LogP contribution in [0.2, 0.25) is 0 Å². The van der Waals surface area contributed by atoms with Gasteiger partial charge in [0.25, 0.3) is 10.0 Å². The fourth-order valence-electron chi connectivity index (χ4n) is 6.13. The number of hydrogen-bond donors (Lipinski definition) is 1. The van der Waals surface area contributed by atoms with Crippen LogP contribution in [0.4, 0.5) is 5.69 Å². The molecule has 0 spiro atoms. The number of anilines is 1.